The summed E-state index contributed by atoms with van der Waals surface area (Å²) in [6.45, 7) is 9.92. The summed E-state index contributed by atoms with van der Waals surface area (Å²) in [4.78, 5) is 13.4. The Balaban J connectivity index is 4.18. The zero-order valence-electron chi connectivity index (χ0n) is 18.6. The first kappa shape index (κ1) is 26.8. The molecular weight excluding hydrogens is 350 g/mol. The molecule has 0 amide bonds. The van der Waals surface area contributed by atoms with Crippen LogP contribution in [0.15, 0.2) is 36.0 Å². The molecule has 2 unspecified atom stereocenters. The van der Waals surface area contributed by atoms with E-state index in [0.717, 1.165) is 45.1 Å². The van der Waals surface area contributed by atoms with Crippen LogP contribution in [0.1, 0.15) is 72.6 Å². The van der Waals surface area contributed by atoms with Gasteiger partial charge >= 0.3 is 0 Å². The second-order valence-corrected chi connectivity index (χ2v) is 7.76. The van der Waals surface area contributed by atoms with Crippen molar-refractivity contribution in [3.8, 4) is 0 Å². The lowest BCUT2D eigenvalue weighted by Gasteiger charge is -2.24. The number of hydrogen-bond donors (Lipinski definition) is 2. The Morgan fingerprint density at radius 1 is 1.04 bits per heavy atom. The number of ketones is 1. The molecule has 0 rings (SSSR count). The number of nitrogens with zero attached hydrogens (tertiary/aromatic N) is 1. The summed E-state index contributed by atoms with van der Waals surface area (Å²) in [5.74, 6) is 0.374. The average Bonchev–Trinajstić information content (AvgIpc) is 2.64. The van der Waals surface area contributed by atoms with Crippen molar-refractivity contribution >= 4 is 5.78 Å². The fourth-order valence-corrected chi connectivity index (χ4v) is 3.05. The molecule has 28 heavy (non-hydrogen) atoms. The van der Waals surface area contributed by atoms with Crippen molar-refractivity contribution in [1.82, 2.24) is 4.90 Å². The Morgan fingerprint density at radius 3 is 2.36 bits per heavy atom. The van der Waals surface area contributed by atoms with Crippen molar-refractivity contribution in [2.75, 3.05) is 26.2 Å². The van der Waals surface area contributed by atoms with Crippen molar-refractivity contribution in [1.29, 1.82) is 0 Å². The fourth-order valence-electron chi connectivity index (χ4n) is 3.05. The van der Waals surface area contributed by atoms with E-state index in [0.29, 0.717) is 19.5 Å². The quantitative estimate of drug-likeness (QED) is 0.278. The van der Waals surface area contributed by atoms with E-state index < -0.39 is 6.10 Å². The van der Waals surface area contributed by atoms with Gasteiger partial charge in [0.25, 0.3) is 0 Å². The molecule has 0 aliphatic heterocycles. The van der Waals surface area contributed by atoms with Crippen LogP contribution in [0.4, 0.5) is 0 Å². The summed E-state index contributed by atoms with van der Waals surface area (Å²) >= 11 is 0. The molecule has 2 atom stereocenters. The standard InChI is InChI=1S/C24H43NO3/c1-5-6-7-8-9-10-11-14-21(2)19-24(28)20-25(17-18-26)16-13-12-15-22(3)23(4)27/h6-7,9-10,14,22,24,26,28H,5,8,11-13,15-20H2,1-4H3/b7-6-,10-9-,21-14-. The first-order valence-electron chi connectivity index (χ1n) is 10.9. The monoisotopic (exact) mass is 393 g/mol. The minimum Gasteiger partial charge on any atom is -0.395 e. The third-order valence-corrected chi connectivity index (χ3v) is 4.94. The van der Waals surface area contributed by atoms with Gasteiger partial charge in [-0.2, -0.15) is 0 Å². The van der Waals surface area contributed by atoms with Gasteiger partial charge in [0, 0.05) is 19.0 Å². The lowest BCUT2D eigenvalue weighted by atomic mass is 10.0. The summed E-state index contributed by atoms with van der Waals surface area (Å²) < 4.78 is 0. The van der Waals surface area contributed by atoms with Gasteiger partial charge in [0.2, 0.25) is 0 Å². The molecule has 4 nitrogen and oxygen atoms in total. The van der Waals surface area contributed by atoms with Crippen LogP contribution in [0.3, 0.4) is 0 Å². The Kier molecular flexibility index (Phi) is 17.1. The number of aliphatic hydroxyl groups is 2. The van der Waals surface area contributed by atoms with Crippen LogP contribution >= 0.6 is 0 Å². The Bertz CT molecular complexity index is 482. The second-order valence-electron chi connectivity index (χ2n) is 7.76. The van der Waals surface area contributed by atoms with Crippen LogP contribution in [-0.2, 0) is 4.79 Å². The lowest BCUT2D eigenvalue weighted by Crippen LogP contribution is -2.35. The van der Waals surface area contributed by atoms with Gasteiger partial charge in [0.05, 0.1) is 12.7 Å². The van der Waals surface area contributed by atoms with Crippen molar-refractivity contribution < 1.29 is 15.0 Å². The minimum absolute atomic E-state index is 0.0999. The maximum atomic E-state index is 11.3. The van der Waals surface area contributed by atoms with Gasteiger partial charge in [-0.1, -0.05) is 56.2 Å². The molecule has 162 valence electrons. The molecule has 0 spiro atoms. The van der Waals surface area contributed by atoms with Crippen molar-refractivity contribution in [2.45, 2.75) is 78.7 Å². The summed E-state index contributed by atoms with van der Waals surface area (Å²) in [6.07, 6.45) is 16.9. The zero-order chi connectivity index (χ0) is 21.2. The number of Topliss-reactive ketones (excluding diaryl/α,β-unsaturated/α-hetero) is 1. The smallest absolute Gasteiger partial charge is 0.132 e. The number of aliphatic hydroxyl groups excluding tert-OH is 2. The first-order chi connectivity index (χ1) is 13.4. The zero-order valence-corrected chi connectivity index (χ0v) is 18.6. The molecule has 0 heterocycles. The summed E-state index contributed by atoms with van der Waals surface area (Å²) in [7, 11) is 0. The van der Waals surface area contributed by atoms with E-state index in [-0.39, 0.29) is 18.3 Å². The van der Waals surface area contributed by atoms with Crippen LogP contribution in [0, 0.1) is 5.92 Å². The van der Waals surface area contributed by atoms with Crippen LogP contribution in [0.2, 0.25) is 0 Å². The van der Waals surface area contributed by atoms with Crippen molar-refractivity contribution in [3.63, 3.8) is 0 Å². The van der Waals surface area contributed by atoms with E-state index in [2.05, 4.69) is 49.1 Å². The van der Waals surface area contributed by atoms with E-state index in [1.54, 1.807) is 6.92 Å². The molecule has 0 aromatic heterocycles. The first-order valence-corrected chi connectivity index (χ1v) is 10.9. The van der Waals surface area contributed by atoms with Gasteiger partial charge in [-0.05, 0) is 58.9 Å². The number of hydrogen-bond acceptors (Lipinski definition) is 4. The van der Waals surface area contributed by atoms with Gasteiger partial charge in [-0.15, -0.1) is 0 Å². The number of carbonyl (C=O) groups excluding carboxylic acids is 1. The molecular formula is C24H43NO3. The molecule has 4 heteroatoms. The Morgan fingerprint density at radius 2 is 1.71 bits per heavy atom. The summed E-state index contributed by atoms with van der Waals surface area (Å²) in [6, 6.07) is 0. The highest BCUT2D eigenvalue weighted by Gasteiger charge is 2.13. The molecule has 0 saturated carbocycles. The van der Waals surface area contributed by atoms with E-state index in [4.69, 9.17) is 0 Å². The van der Waals surface area contributed by atoms with E-state index in [1.807, 2.05) is 6.92 Å². The summed E-state index contributed by atoms with van der Waals surface area (Å²) in [5, 5.41) is 19.7. The number of rotatable bonds is 17. The Hall–Kier alpha value is -1.23. The van der Waals surface area contributed by atoms with Crippen LogP contribution in [0.5, 0.6) is 0 Å². The average molecular weight is 394 g/mol. The highest BCUT2D eigenvalue weighted by molar-refractivity contribution is 5.77. The minimum atomic E-state index is -0.421. The predicted octanol–water partition coefficient (Wildman–Crippen LogP) is 4.68. The van der Waals surface area contributed by atoms with Gasteiger partial charge < -0.3 is 10.2 Å². The van der Waals surface area contributed by atoms with Crippen molar-refractivity contribution in [2.24, 2.45) is 5.92 Å². The SMILES string of the molecule is CC/C=C\C/C=C\C/C=C(/C)CC(O)CN(CCO)CCCCC(C)C(C)=O. The normalized spacial score (nSPS) is 15.0. The topological polar surface area (TPSA) is 60.8 Å². The highest BCUT2D eigenvalue weighted by atomic mass is 16.3. The van der Waals surface area contributed by atoms with Gasteiger partial charge in [-0.25, -0.2) is 0 Å². The molecule has 0 aromatic carbocycles. The largest absolute Gasteiger partial charge is 0.395 e. The van der Waals surface area contributed by atoms with Crippen molar-refractivity contribution in [3.05, 3.63) is 36.0 Å². The maximum Gasteiger partial charge on any atom is 0.132 e. The molecule has 2 N–H and O–H groups in total. The van der Waals surface area contributed by atoms with E-state index >= 15 is 0 Å². The van der Waals surface area contributed by atoms with E-state index in [1.165, 1.54) is 5.57 Å². The predicted molar refractivity (Wildman–Crippen MR) is 119 cm³/mol. The third-order valence-electron chi connectivity index (χ3n) is 4.94. The molecule has 0 bridgehead atoms. The highest BCUT2D eigenvalue weighted by Crippen LogP contribution is 2.11. The number of allylic oxidation sites excluding steroid dienone is 5. The van der Waals surface area contributed by atoms with Gasteiger partial charge in [-0.3, -0.25) is 9.69 Å². The molecule has 0 aromatic rings. The lowest BCUT2D eigenvalue weighted by molar-refractivity contribution is -0.120. The van der Waals surface area contributed by atoms with Crippen LogP contribution < -0.4 is 0 Å². The Labute approximate surface area is 173 Å². The van der Waals surface area contributed by atoms with Crippen LogP contribution in [-0.4, -0.2) is 53.2 Å². The van der Waals surface area contributed by atoms with Crippen LogP contribution in [0.25, 0.3) is 0 Å². The maximum absolute atomic E-state index is 11.3. The van der Waals surface area contributed by atoms with E-state index in [9.17, 15) is 15.0 Å². The molecule has 0 radical (unpaired) electrons. The number of carbonyl (C=O) groups is 1. The molecule has 0 aliphatic rings. The van der Waals surface area contributed by atoms with Gasteiger partial charge in [0.1, 0.15) is 5.78 Å². The third kappa shape index (κ3) is 15.8. The summed E-state index contributed by atoms with van der Waals surface area (Å²) in [5.41, 5.74) is 1.19. The fraction of sp³-hybridized carbons (Fsp3) is 0.708. The molecule has 0 fully saturated rings. The number of unbranched alkanes of at least 4 members (excludes halogenated alkanes) is 1. The second kappa shape index (κ2) is 17.8. The molecule has 0 aliphatic carbocycles. The van der Waals surface area contributed by atoms with Gasteiger partial charge in [0.15, 0.2) is 0 Å². The molecule has 0 saturated heterocycles.